The summed E-state index contributed by atoms with van der Waals surface area (Å²) in [5.41, 5.74) is 1.84. The number of hydrogen-bond acceptors (Lipinski definition) is 3. The molecule has 1 aliphatic heterocycles. The molecule has 0 atom stereocenters. The predicted molar refractivity (Wildman–Crippen MR) is 95.5 cm³/mol. The Balaban J connectivity index is 0.00000182. The molecule has 4 nitrogen and oxygen atoms in total. The Morgan fingerprint density at radius 1 is 0.760 bits per heavy atom. The number of carboxylic acid groups (broad SMARTS) is 1. The second-order valence-corrected chi connectivity index (χ2v) is 5.52. The molecule has 0 unspecified atom stereocenters. The number of fused-ring (bicyclic) bond motifs is 1. The van der Waals surface area contributed by atoms with E-state index in [0.717, 1.165) is 11.1 Å². The van der Waals surface area contributed by atoms with Crippen LogP contribution in [-0.4, -0.2) is 29.9 Å². The summed E-state index contributed by atoms with van der Waals surface area (Å²) in [6.07, 6.45) is 0. The van der Waals surface area contributed by atoms with Crippen molar-refractivity contribution < 1.29 is 19.4 Å². The first-order chi connectivity index (χ1) is 11.7. The van der Waals surface area contributed by atoms with Crippen molar-refractivity contribution in [1.82, 2.24) is 0 Å². The van der Waals surface area contributed by atoms with Gasteiger partial charge in [0.1, 0.15) is 0 Å². The van der Waals surface area contributed by atoms with Crippen molar-refractivity contribution in [2.24, 2.45) is 0 Å². The number of carboxylic acids is 1. The summed E-state index contributed by atoms with van der Waals surface area (Å²) in [6, 6.07) is 23.9. The van der Waals surface area contributed by atoms with Gasteiger partial charge >= 0.3 is 30.6 Å². The van der Waals surface area contributed by atoms with E-state index in [1.807, 2.05) is 60.7 Å². The fourth-order valence-electron chi connectivity index (χ4n) is 2.85. The van der Waals surface area contributed by atoms with Crippen LogP contribution in [0.2, 0.25) is 0 Å². The zero-order valence-electron chi connectivity index (χ0n) is 12.7. The molecule has 25 heavy (non-hydrogen) atoms. The molecule has 0 saturated heterocycles. The van der Waals surface area contributed by atoms with Crippen LogP contribution in [-0.2, 0) is 5.79 Å². The second kappa shape index (κ2) is 6.68. The molecule has 3 aromatic carbocycles. The van der Waals surface area contributed by atoms with Crippen molar-refractivity contribution in [3.63, 3.8) is 0 Å². The molecule has 120 valence electrons. The van der Waals surface area contributed by atoms with Crippen LogP contribution in [0.4, 0.5) is 0 Å². The molecule has 1 aliphatic rings. The number of aromatic carboxylic acids is 1. The summed E-state index contributed by atoms with van der Waals surface area (Å²) < 4.78 is 12.4. The average molecular weight is 326 g/mol. The van der Waals surface area contributed by atoms with Crippen LogP contribution < -0.4 is 9.47 Å². The molecule has 3 aromatic rings. The van der Waals surface area contributed by atoms with Crippen LogP contribution in [0.5, 0.6) is 11.5 Å². The molecule has 0 aliphatic carbocycles. The van der Waals surface area contributed by atoms with Gasteiger partial charge in [-0.1, -0.05) is 60.7 Å². The summed E-state index contributed by atoms with van der Waals surface area (Å²) in [5, 5.41) is 9.18. The number of carbonyl (C=O) groups is 1. The Kier molecular flexibility index (Phi) is 4.58. The van der Waals surface area contributed by atoms with E-state index in [2.05, 4.69) is 0 Å². The number of ether oxygens (including phenoxy) is 2. The third-order valence-corrected chi connectivity index (χ3v) is 4.01. The van der Waals surface area contributed by atoms with Gasteiger partial charge in [-0.3, -0.25) is 0 Å². The van der Waals surface area contributed by atoms with E-state index in [0.29, 0.717) is 11.5 Å². The average Bonchev–Trinajstić information content (AvgIpc) is 3.03. The van der Waals surface area contributed by atoms with Gasteiger partial charge in [-0.25, -0.2) is 4.79 Å². The molecule has 0 aromatic heterocycles. The normalized spacial score (nSPS) is 13.8. The topological polar surface area (TPSA) is 55.8 Å². The van der Waals surface area contributed by atoms with Crippen LogP contribution in [0.3, 0.4) is 0 Å². The van der Waals surface area contributed by atoms with Gasteiger partial charge in [0, 0.05) is 11.1 Å². The van der Waals surface area contributed by atoms with E-state index in [4.69, 9.17) is 9.47 Å². The Labute approximate surface area is 157 Å². The van der Waals surface area contributed by atoms with Crippen LogP contribution in [0.25, 0.3) is 0 Å². The summed E-state index contributed by atoms with van der Waals surface area (Å²) in [6.45, 7) is 0. The van der Waals surface area contributed by atoms with E-state index in [1.54, 1.807) is 6.07 Å². The fourth-order valence-corrected chi connectivity index (χ4v) is 2.85. The fraction of sp³-hybridized carbons (Fsp3) is 0.0500. The monoisotopic (exact) mass is 326 g/mol. The van der Waals surface area contributed by atoms with Gasteiger partial charge in [-0.05, 0) is 18.2 Å². The van der Waals surface area contributed by atoms with Crippen molar-refractivity contribution in [3.8, 4) is 11.5 Å². The van der Waals surface area contributed by atoms with Crippen LogP contribution >= 0.6 is 0 Å². The zero-order chi connectivity index (χ0) is 16.6. The molecule has 1 heterocycles. The van der Waals surface area contributed by atoms with E-state index < -0.39 is 11.8 Å². The predicted octanol–water partition coefficient (Wildman–Crippen LogP) is 3.41. The molecule has 0 spiro atoms. The second-order valence-electron chi connectivity index (χ2n) is 5.52. The summed E-state index contributed by atoms with van der Waals surface area (Å²) >= 11 is 0. The molecule has 0 amide bonds. The first kappa shape index (κ1) is 17.2. The molecule has 1 N–H and O–H groups in total. The molecule has 0 bridgehead atoms. The van der Waals surface area contributed by atoms with Crippen LogP contribution in [0.15, 0.2) is 78.9 Å². The Morgan fingerprint density at radius 3 is 1.80 bits per heavy atom. The van der Waals surface area contributed by atoms with Gasteiger partial charge in [0.05, 0.1) is 5.56 Å². The maximum absolute atomic E-state index is 11.2. The van der Waals surface area contributed by atoms with Crippen molar-refractivity contribution in [3.05, 3.63) is 95.6 Å². The molecular formula is C20H15LiO4. The minimum absolute atomic E-state index is 0. The van der Waals surface area contributed by atoms with Crippen molar-refractivity contribution >= 4 is 24.8 Å². The van der Waals surface area contributed by atoms with Crippen molar-refractivity contribution in [2.45, 2.75) is 5.79 Å². The summed E-state index contributed by atoms with van der Waals surface area (Å²) in [7, 11) is 0. The Morgan fingerprint density at radius 2 is 1.28 bits per heavy atom. The number of benzene rings is 3. The van der Waals surface area contributed by atoms with Gasteiger partial charge in [0.2, 0.25) is 0 Å². The van der Waals surface area contributed by atoms with Crippen molar-refractivity contribution in [1.29, 1.82) is 0 Å². The zero-order valence-corrected chi connectivity index (χ0v) is 12.7. The molecule has 4 rings (SSSR count). The van der Waals surface area contributed by atoms with E-state index in [-0.39, 0.29) is 24.4 Å². The van der Waals surface area contributed by atoms with E-state index >= 15 is 0 Å². The molecule has 0 fully saturated rings. The SMILES string of the molecule is O=C(O)c1ccc2c(c1)OC(c1ccccc1)(c1ccccc1)O2.[LiH]. The van der Waals surface area contributed by atoms with Gasteiger partial charge in [0.25, 0.3) is 0 Å². The Hall–Kier alpha value is -2.67. The quantitative estimate of drug-likeness (QED) is 0.750. The van der Waals surface area contributed by atoms with Crippen LogP contribution in [0.1, 0.15) is 21.5 Å². The summed E-state index contributed by atoms with van der Waals surface area (Å²) in [4.78, 5) is 11.2. The first-order valence-electron chi connectivity index (χ1n) is 7.55. The third-order valence-electron chi connectivity index (χ3n) is 4.01. The first-order valence-corrected chi connectivity index (χ1v) is 7.55. The van der Waals surface area contributed by atoms with E-state index in [9.17, 15) is 9.90 Å². The molecule has 0 radical (unpaired) electrons. The van der Waals surface area contributed by atoms with E-state index in [1.165, 1.54) is 12.1 Å². The van der Waals surface area contributed by atoms with Crippen molar-refractivity contribution in [2.75, 3.05) is 0 Å². The molecular weight excluding hydrogens is 311 g/mol. The van der Waals surface area contributed by atoms with Crippen LogP contribution in [0, 0.1) is 0 Å². The molecule has 0 saturated carbocycles. The van der Waals surface area contributed by atoms with Gasteiger partial charge in [-0.2, -0.15) is 0 Å². The summed E-state index contributed by atoms with van der Waals surface area (Å²) in [5.74, 6) is -1.18. The van der Waals surface area contributed by atoms with Gasteiger partial charge in [0.15, 0.2) is 11.5 Å². The number of hydrogen-bond donors (Lipinski definition) is 1. The minimum atomic E-state index is -1.12. The number of rotatable bonds is 3. The third kappa shape index (κ3) is 2.91. The Bertz CT molecular complexity index is 855. The molecule has 5 heteroatoms. The van der Waals surface area contributed by atoms with Gasteiger partial charge in [-0.15, -0.1) is 0 Å². The van der Waals surface area contributed by atoms with Gasteiger partial charge < -0.3 is 14.6 Å². The maximum atomic E-state index is 11.2. The standard InChI is InChI=1S/C20H14O4.Li.H/c21-19(22)14-11-12-17-18(13-14)24-20(23-17,15-7-3-1-4-8-15)16-9-5-2-6-10-16;;/h1-13H,(H,21,22);;.